The number of nitrogens with one attached hydrogen (secondary N) is 2. The van der Waals surface area contributed by atoms with Crippen LogP contribution >= 0.6 is 0 Å². The van der Waals surface area contributed by atoms with Crippen LogP contribution < -0.4 is 16.0 Å². The minimum absolute atomic E-state index is 0.0323. The van der Waals surface area contributed by atoms with Crippen LogP contribution in [0.2, 0.25) is 0 Å². The van der Waals surface area contributed by atoms with Gasteiger partial charge in [-0.25, -0.2) is 21.9 Å². The van der Waals surface area contributed by atoms with E-state index in [4.69, 9.17) is 5.84 Å². The number of hydrogen-bond donors (Lipinski definition) is 3. The maximum Gasteiger partial charge on any atom is 0.242 e. The molecule has 0 saturated carbocycles. The van der Waals surface area contributed by atoms with Crippen molar-refractivity contribution in [3.63, 3.8) is 0 Å². The Morgan fingerprint density at radius 2 is 1.76 bits per heavy atom. The first-order valence-corrected chi connectivity index (χ1v) is 7.41. The van der Waals surface area contributed by atoms with Gasteiger partial charge in [-0.1, -0.05) is 18.2 Å². The number of hydrazine groups is 1. The molecular formula is C13H13F2N3O2S. The van der Waals surface area contributed by atoms with E-state index in [2.05, 4.69) is 10.1 Å². The van der Waals surface area contributed by atoms with Gasteiger partial charge in [-0.2, -0.15) is 0 Å². The first kappa shape index (κ1) is 15.4. The number of rotatable bonds is 5. The van der Waals surface area contributed by atoms with Crippen LogP contribution in [0.1, 0.15) is 5.56 Å². The average Bonchev–Trinajstić information content (AvgIpc) is 2.48. The van der Waals surface area contributed by atoms with Gasteiger partial charge in [0.05, 0.1) is 5.69 Å². The van der Waals surface area contributed by atoms with E-state index < -0.39 is 21.7 Å². The van der Waals surface area contributed by atoms with E-state index >= 15 is 0 Å². The molecule has 0 aliphatic carbocycles. The molecule has 5 nitrogen and oxygen atoms in total. The average molecular weight is 313 g/mol. The molecule has 2 rings (SSSR count). The molecule has 21 heavy (non-hydrogen) atoms. The van der Waals surface area contributed by atoms with Gasteiger partial charge in [-0.05, 0) is 29.8 Å². The van der Waals surface area contributed by atoms with Crippen molar-refractivity contribution in [2.45, 2.75) is 11.4 Å². The van der Waals surface area contributed by atoms with Crippen LogP contribution in [0.25, 0.3) is 0 Å². The molecule has 0 saturated heterocycles. The molecule has 4 N–H and O–H groups in total. The second kappa shape index (κ2) is 6.17. The molecule has 0 amide bonds. The summed E-state index contributed by atoms with van der Waals surface area (Å²) in [5, 5.41) is 0. The zero-order chi connectivity index (χ0) is 15.5. The van der Waals surface area contributed by atoms with E-state index in [-0.39, 0.29) is 17.1 Å². The van der Waals surface area contributed by atoms with Gasteiger partial charge in [0, 0.05) is 6.54 Å². The maximum atomic E-state index is 13.1. The lowest BCUT2D eigenvalue weighted by Gasteiger charge is -2.11. The minimum atomic E-state index is -3.83. The highest BCUT2D eigenvalue weighted by Gasteiger charge is 2.17. The molecule has 0 aliphatic rings. The SMILES string of the molecule is NNc1ccccc1S(=O)(=O)NCc1ccc(F)c(F)c1. The molecule has 0 unspecified atom stereocenters. The van der Waals surface area contributed by atoms with Crippen molar-refractivity contribution in [1.82, 2.24) is 4.72 Å². The number of nitrogen functional groups attached to an aromatic ring is 1. The lowest BCUT2D eigenvalue weighted by atomic mass is 10.2. The molecule has 112 valence electrons. The first-order valence-electron chi connectivity index (χ1n) is 5.93. The molecule has 0 radical (unpaired) electrons. The van der Waals surface area contributed by atoms with E-state index in [1.54, 1.807) is 12.1 Å². The lowest BCUT2D eigenvalue weighted by Crippen LogP contribution is -2.25. The van der Waals surface area contributed by atoms with Crippen LogP contribution in [0.4, 0.5) is 14.5 Å². The molecular weight excluding hydrogens is 300 g/mol. The number of anilines is 1. The summed E-state index contributed by atoms with van der Waals surface area (Å²) < 4.78 is 52.5. The Labute approximate surface area is 120 Å². The summed E-state index contributed by atoms with van der Waals surface area (Å²) in [6.07, 6.45) is 0. The lowest BCUT2D eigenvalue weighted by molar-refractivity contribution is 0.506. The molecule has 2 aromatic rings. The van der Waals surface area contributed by atoms with E-state index in [1.807, 2.05) is 0 Å². The fraction of sp³-hybridized carbons (Fsp3) is 0.0769. The Bertz CT molecular complexity index is 751. The van der Waals surface area contributed by atoms with Crippen molar-refractivity contribution >= 4 is 15.7 Å². The van der Waals surface area contributed by atoms with Crippen molar-refractivity contribution in [1.29, 1.82) is 0 Å². The minimum Gasteiger partial charge on any atom is -0.323 e. The highest BCUT2D eigenvalue weighted by atomic mass is 32.2. The fourth-order valence-corrected chi connectivity index (χ4v) is 2.91. The van der Waals surface area contributed by atoms with Gasteiger partial charge >= 0.3 is 0 Å². The molecule has 0 bridgehead atoms. The summed E-state index contributed by atoms with van der Waals surface area (Å²) in [5.41, 5.74) is 2.82. The Morgan fingerprint density at radius 1 is 1.05 bits per heavy atom. The number of nitrogens with two attached hydrogens (primary N) is 1. The first-order chi connectivity index (χ1) is 9.94. The van der Waals surface area contributed by atoms with Gasteiger partial charge in [-0.15, -0.1) is 0 Å². The summed E-state index contributed by atoms with van der Waals surface area (Å²) in [6.45, 7) is -0.168. The van der Waals surface area contributed by atoms with Gasteiger partial charge in [-0.3, -0.25) is 5.84 Å². The smallest absolute Gasteiger partial charge is 0.242 e. The van der Waals surface area contributed by atoms with Crippen molar-refractivity contribution in [2.24, 2.45) is 5.84 Å². The molecule has 0 heterocycles. The number of benzene rings is 2. The molecule has 0 spiro atoms. The van der Waals surface area contributed by atoms with Gasteiger partial charge in [0.25, 0.3) is 0 Å². The summed E-state index contributed by atoms with van der Waals surface area (Å²) >= 11 is 0. The predicted molar refractivity (Wildman–Crippen MR) is 74.6 cm³/mol. The van der Waals surface area contributed by atoms with E-state index in [0.29, 0.717) is 5.56 Å². The molecule has 0 atom stereocenters. The van der Waals surface area contributed by atoms with Crippen LogP contribution in [-0.2, 0) is 16.6 Å². The molecule has 0 aliphatic heterocycles. The van der Waals surface area contributed by atoms with Crippen LogP contribution in [0.5, 0.6) is 0 Å². The molecule has 2 aromatic carbocycles. The molecule has 8 heteroatoms. The zero-order valence-corrected chi connectivity index (χ0v) is 11.6. The fourth-order valence-electron chi connectivity index (χ4n) is 1.73. The third-order valence-electron chi connectivity index (χ3n) is 2.78. The molecule has 0 fully saturated rings. The van der Waals surface area contributed by atoms with Gasteiger partial charge in [0.2, 0.25) is 10.0 Å². The summed E-state index contributed by atoms with van der Waals surface area (Å²) in [4.78, 5) is -0.0323. The number of halogens is 2. The normalized spacial score (nSPS) is 11.4. The van der Waals surface area contributed by atoms with Crippen LogP contribution in [0.15, 0.2) is 47.4 Å². The van der Waals surface area contributed by atoms with Crippen LogP contribution in [0.3, 0.4) is 0 Å². The summed E-state index contributed by atoms with van der Waals surface area (Å²) in [6, 6.07) is 9.23. The van der Waals surface area contributed by atoms with Crippen molar-refractivity contribution in [3.05, 3.63) is 59.7 Å². The number of para-hydroxylation sites is 1. The van der Waals surface area contributed by atoms with Crippen molar-refractivity contribution in [2.75, 3.05) is 5.43 Å². The standard InChI is InChI=1S/C13H13F2N3O2S/c14-10-6-5-9(7-11(10)15)8-17-21(19,20)13-4-2-1-3-12(13)18-16/h1-7,17-18H,8,16H2. The van der Waals surface area contributed by atoms with Gasteiger partial charge < -0.3 is 5.43 Å². The summed E-state index contributed by atoms with van der Waals surface area (Å²) in [5.74, 6) is 3.24. The number of hydrogen-bond acceptors (Lipinski definition) is 4. The number of sulfonamides is 1. The second-order valence-corrected chi connectivity index (χ2v) is 5.95. The second-order valence-electron chi connectivity index (χ2n) is 4.21. The van der Waals surface area contributed by atoms with Crippen LogP contribution in [-0.4, -0.2) is 8.42 Å². The monoisotopic (exact) mass is 313 g/mol. The van der Waals surface area contributed by atoms with E-state index in [0.717, 1.165) is 12.1 Å². The van der Waals surface area contributed by atoms with Gasteiger partial charge in [0.1, 0.15) is 4.90 Å². The van der Waals surface area contributed by atoms with Gasteiger partial charge in [0.15, 0.2) is 11.6 Å². The topological polar surface area (TPSA) is 84.2 Å². The van der Waals surface area contributed by atoms with Crippen molar-refractivity contribution < 1.29 is 17.2 Å². The highest BCUT2D eigenvalue weighted by Crippen LogP contribution is 2.19. The van der Waals surface area contributed by atoms with Crippen molar-refractivity contribution in [3.8, 4) is 0 Å². The Kier molecular flexibility index (Phi) is 4.51. The van der Waals surface area contributed by atoms with Crippen LogP contribution in [0, 0.1) is 11.6 Å². The predicted octanol–water partition coefficient (Wildman–Crippen LogP) is 1.73. The Hall–Kier alpha value is -2.03. The quantitative estimate of drug-likeness (QED) is 0.580. The highest BCUT2D eigenvalue weighted by molar-refractivity contribution is 7.89. The molecule has 0 aromatic heterocycles. The van der Waals surface area contributed by atoms with E-state index in [1.165, 1.54) is 18.2 Å². The Morgan fingerprint density at radius 3 is 2.43 bits per heavy atom. The van der Waals surface area contributed by atoms with E-state index in [9.17, 15) is 17.2 Å². The largest absolute Gasteiger partial charge is 0.323 e. The third-order valence-corrected chi connectivity index (χ3v) is 4.24. The Balaban J connectivity index is 2.20. The maximum absolute atomic E-state index is 13.1. The third kappa shape index (κ3) is 3.54. The zero-order valence-electron chi connectivity index (χ0n) is 10.8. The summed E-state index contributed by atoms with van der Waals surface area (Å²) in [7, 11) is -3.83.